The highest BCUT2D eigenvalue weighted by molar-refractivity contribution is 7.89. The minimum Gasteiger partial charge on any atom is -0.330 e. The summed E-state index contributed by atoms with van der Waals surface area (Å²) in [6.45, 7) is 8.27. The molecule has 1 aliphatic rings. The van der Waals surface area contributed by atoms with Crippen LogP contribution in [-0.4, -0.2) is 43.2 Å². The van der Waals surface area contributed by atoms with E-state index < -0.39 is 10.0 Å². The van der Waals surface area contributed by atoms with E-state index in [0.717, 1.165) is 23.1 Å². The van der Waals surface area contributed by atoms with Gasteiger partial charge in [0, 0.05) is 18.0 Å². The van der Waals surface area contributed by atoms with Crippen LogP contribution in [0.15, 0.2) is 58.8 Å². The van der Waals surface area contributed by atoms with Crippen LogP contribution in [0, 0.1) is 20.8 Å². The van der Waals surface area contributed by atoms with Crippen LogP contribution < -0.4 is 0 Å². The number of aryl methyl sites for hydroxylation is 3. The molecule has 1 aliphatic heterocycles. The minimum absolute atomic E-state index is 0.161. The lowest BCUT2D eigenvalue weighted by Crippen LogP contribution is -2.47. The van der Waals surface area contributed by atoms with Crippen molar-refractivity contribution in [1.29, 1.82) is 0 Å². The van der Waals surface area contributed by atoms with E-state index >= 15 is 0 Å². The molecule has 7 heteroatoms. The van der Waals surface area contributed by atoms with E-state index in [9.17, 15) is 13.2 Å². The number of carbonyl (C=O) groups excluding carboxylic acids is 1. The SMILES string of the molecule is CCCN(CC(=O)N1CCc2sccc2[C@@H]1c1ccccc1)S(=O)(=O)c1c(C)cc(C)cc1C. The average molecular weight is 497 g/mol. The third-order valence-electron chi connectivity index (χ3n) is 6.39. The zero-order chi connectivity index (χ0) is 24.5. The number of rotatable bonds is 7. The molecular formula is C27H32N2O3S2. The molecule has 1 aromatic heterocycles. The fraction of sp³-hybridized carbons (Fsp3) is 0.370. The monoisotopic (exact) mass is 496 g/mol. The van der Waals surface area contributed by atoms with Crippen molar-refractivity contribution < 1.29 is 13.2 Å². The molecule has 1 amide bonds. The Hall–Kier alpha value is -2.48. The second-order valence-electron chi connectivity index (χ2n) is 9.02. The van der Waals surface area contributed by atoms with Crippen molar-refractivity contribution in [3.8, 4) is 0 Å². The number of thiophene rings is 1. The first-order valence-corrected chi connectivity index (χ1v) is 14.0. The molecule has 5 nitrogen and oxygen atoms in total. The van der Waals surface area contributed by atoms with Gasteiger partial charge in [0.05, 0.1) is 17.5 Å². The molecule has 0 spiro atoms. The van der Waals surface area contributed by atoms with Gasteiger partial charge in [0.15, 0.2) is 0 Å². The number of benzene rings is 2. The summed E-state index contributed by atoms with van der Waals surface area (Å²) in [5.41, 5.74) is 4.65. The normalized spacial score (nSPS) is 16.0. The van der Waals surface area contributed by atoms with Gasteiger partial charge in [-0.25, -0.2) is 8.42 Å². The molecule has 1 atom stereocenters. The summed E-state index contributed by atoms with van der Waals surface area (Å²) in [7, 11) is -3.82. The van der Waals surface area contributed by atoms with Crippen LogP contribution in [0.2, 0.25) is 0 Å². The van der Waals surface area contributed by atoms with Gasteiger partial charge in [0.25, 0.3) is 0 Å². The van der Waals surface area contributed by atoms with Gasteiger partial charge in [-0.1, -0.05) is 55.0 Å². The molecule has 2 aromatic carbocycles. The van der Waals surface area contributed by atoms with Crippen LogP contribution in [0.25, 0.3) is 0 Å². The lowest BCUT2D eigenvalue weighted by Gasteiger charge is -2.37. The zero-order valence-electron chi connectivity index (χ0n) is 20.2. The minimum atomic E-state index is -3.82. The Morgan fingerprint density at radius 1 is 1.09 bits per heavy atom. The lowest BCUT2D eigenvalue weighted by molar-refractivity contribution is -0.133. The Balaban J connectivity index is 1.68. The second kappa shape index (κ2) is 10.0. The summed E-state index contributed by atoms with van der Waals surface area (Å²) in [6.07, 6.45) is 1.42. The van der Waals surface area contributed by atoms with E-state index in [0.29, 0.717) is 35.5 Å². The maximum absolute atomic E-state index is 13.8. The number of sulfonamides is 1. The number of hydrogen-bond acceptors (Lipinski definition) is 4. The molecule has 0 radical (unpaired) electrons. The molecular weight excluding hydrogens is 464 g/mol. The summed E-state index contributed by atoms with van der Waals surface area (Å²) < 4.78 is 28.9. The van der Waals surface area contributed by atoms with Gasteiger partial charge < -0.3 is 4.90 Å². The second-order valence-corrected chi connectivity index (χ2v) is 11.9. The molecule has 0 bridgehead atoms. The predicted octanol–water partition coefficient (Wildman–Crippen LogP) is 5.25. The highest BCUT2D eigenvalue weighted by Crippen LogP contribution is 2.38. The van der Waals surface area contributed by atoms with E-state index in [4.69, 9.17) is 0 Å². The van der Waals surface area contributed by atoms with Gasteiger partial charge in [-0.3, -0.25) is 4.79 Å². The van der Waals surface area contributed by atoms with E-state index in [1.54, 1.807) is 11.3 Å². The maximum Gasteiger partial charge on any atom is 0.244 e. The van der Waals surface area contributed by atoms with Gasteiger partial charge in [-0.2, -0.15) is 4.31 Å². The molecule has 2 heterocycles. The van der Waals surface area contributed by atoms with Crippen molar-refractivity contribution in [2.75, 3.05) is 19.6 Å². The lowest BCUT2D eigenvalue weighted by atomic mass is 9.93. The van der Waals surface area contributed by atoms with E-state index in [-0.39, 0.29) is 18.5 Å². The highest BCUT2D eigenvalue weighted by Gasteiger charge is 2.36. The molecule has 0 fully saturated rings. The van der Waals surface area contributed by atoms with Crippen LogP contribution in [0.4, 0.5) is 0 Å². The number of carbonyl (C=O) groups is 1. The molecule has 0 saturated carbocycles. The molecule has 4 rings (SSSR count). The Morgan fingerprint density at radius 2 is 1.76 bits per heavy atom. The standard InChI is InChI=1S/C27H32N2O3S2/c1-5-13-28(34(31,32)27-20(3)16-19(2)17-21(27)4)18-25(30)29-14-11-24-23(12-15-33-24)26(29)22-9-7-6-8-10-22/h6-10,12,15-17,26H,5,11,13-14,18H2,1-4H3/t26-/m0/s1. The fourth-order valence-corrected chi connectivity index (χ4v) is 7.85. The molecule has 34 heavy (non-hydrogen) atoms. The van der Waals surface area contributed by atoms with Gasteiger partial charge in [0.2, 0.25) is 15.9 Å². The van der Waals surface area contributed by atoms with Crippen molar-refractivity contribution in [1.82, 2.24) is 9.21 Å². The number of hydrogen-bond donors (Lipinski definition) is 0. The topological polar surface area (TPSA) is 57.7 Å². The first-order chi connectivity index (χ1) is 16.2. The van der Waals surface area contributed by atoms with Crippen LogP contribution in [0.3, 0.4) is 0 Å². The molecule has 180 valence electrons. The molecule has 3 aromatic rings. The molecule has 0 aliphatic carbocycles. The highest BCUT2D eigenvalue weighted by atomic mass is 32.2. The number of fused-ring (bicyclic) bond motifs is 1. The Morgan fingerprint density at radius 3 is 2.41 bits per heavy atom. The van der Waals surface area contributed by atoms with Gasteiger partial charge in [-0.05, 0) is 67.3 Å². The first-order valence-electron chi connectivity index (χ1n) is 11.7. The quantitative estimate of drug-likeness (QED) is 0.449. The van der Waals surface area contributed by atoms with Crippen molar-refractivity contribution in [3.05, 3.63) is 86.6 Å². The molecule has 0 N–H and O–H groups in total. The van der Waals surface area contributed by atoms with Gasteiger partial charge >= 0.3 is 0 Å². The van der Waals surface area contributed by atoms with Crippen LogP contribution in [-0.2, 0) is 21.2 Å². The third-order valence-corrected chi connectivity index (χ3v) is 9.54. The smallest absolute Gasteiger partial charge is 0.244 e. The van der Waals surface area contributed by atoms with Crippen molar-refractivity contribution in [2.24, 2.45) is 0 Å². The summed E-state index contributed by atoms with van der Waals surface area (Å²) in [5.74, 6) is -0.162. The third kappa shape index (κ3) is 4.69. The summed E-state index contributed by atoms with van der Waals surface area (Å²) >= 11 is 1.72. The largest absolute Gasteiger partial charge is 0.330 e. The Labute approximate surface area is 207 Å². The van der Waals surface area contributed by atoms with Crippen molar-refractivity contribution in [3.63, 3.8) is 0 Å². The van der Waals surface area contributed by atoms with Crippen LogP contribution in [0.1, 0.15) is 52.1 Å². The average Bonchev–Trinajstić information content (AvgIpc) is 3.26. The van der Waals surface area contributed by atoms with Crippen LogP contribution in [0.5, 0.6) is 0 Å². The fourth-order valence-electron chi connectivity index (χ4n) is 5.06. The Kier molecular flexibility index (Phi) is 7.26. The summed E-state index contributed by atoms with van der Waals surface area (Å²) in [4.78, 5) is 17.2. The zero-order valence-corrected chi connectivity index (χ0v) is 21.9. The molecule has 0 unspecified atom stereocenters. The van der Waals surface area contributed by atoms with E-state index in [1.165, 1.54) is 9.18 Å². The van der Waals surface area contributed by atoms with Crippen LogP contribution >= 0.6 is 11.3 Å². The maximum atomic E-state index is 13.8. The van der Waals surface area contributed by atoms with Gasteiger partial charge in [0.1, 0.15) is 0 Å². The Bertz CT molecular complexity index is 1260. The van der Waals surface area contributed by atoms with Gasteiger partial charge in [-0.15, -0.1) is 11.3 Å². The number of amides is 1. The van der Waals surface area contributed by atoms with Crippen molar-refractivity contribution >= 4 is 27.3 Å². The first kappa shape index (κ1) is 24.6. The van der Waals surface area contributed by atoms with E-state index in [2.05, 4.69) is 11.4 Å². The number of nitrogens with zero attached hydrogens (tertiary/aromatic N) is 2. The summed E-state index contributed by atoms with van der Waals surface area (Å²) in [6, 6.07) is 15.7. The van der Waals surface area contributed by atoms with E-state index in [1.807, 2.05) is 75.1 Å². The molecule has 0 saturated heterocycles. The summed E-state index contributed by atoms with van der Waals surface area (Å²) in [5, 5.41) is 2.07. The van der Waals surface area contributed by atoms with Crippen molar-refractivity contribution in [2.45, 2.75) is 51.5 Å². The predicted molar refractivity (Wildman–Crippen MR) is 138 cm³/mol.